The number of aliphatic hydroxyl groups is 1. The molecule has 3 atom stereocenters. The van der Waals surface area contributed by atoms with Crippen molar-refractivity contribution in [3.8, 4) is 11.1 Å². The van der Waals surface area contributed by atoms with E-state index in [4.69, 9.17) is 15.2 Å². The first-order chi connectivity index (χ1) is 29.9. The molecule has 0 aromatic heterocycles. The lowest BCUT2D eigenvalue weighted by atomic mass is 9.97. The number of amides is 2. The number of nitrogens with two attached hydrogens (primary N) is 1. The Hall–Kier alpha value is -4.54. The summed E-state index contributed by atoms with van der Waals surface area (Å²) in [5.74, 6) is -0.267. The van der Waals surface area contributed by atoms with Crippen LogP contribution in [0.3, 0.4) is 0 Å². The number of rotatable bonds is 27. The predicted octanol–water partition coefficient (Wildman–Crippen LogP) is 11.4. The summed E-state index contributed by atoms with van der Waals surface area (Å²) in [5, 5.41) is 15.6. The Morgan fingerprint density at radius 2 is 1.30 bits per heavy atom. The van der Waals surface area contributed by atoms with Gasteiger partial charge in [0.05, 0.1) is 30.2 Å². The summed E-state index contributed by atoms with van der Waals surface area (Å²) in [6.07, 6.45) is 16.5. The van der Waals surface area contributed by atoms with Crippen molar-refractivity contribution < 1.29 is 24.2 Å². The Morgan fingerprint density at radius 1 is 0.689 bits per heavy atom. The summed E-state index contributed by atoms with van der Waals surface area (Å²) >= 11 is 0. The molecule has 9 nitrogen and oxygen atoms in total. The molecule has 1 aliphatic heterocycles. The van der Waals surface area contributed by atoms with E-state index < -0.39 is 6.29 Å². The first kappa shape index (κ1) is 47.5. The van der Waals surface area contributed by atoms with Crippen LogP contribution in [-0.2, 0) is 32.2 Å². The second-order valence-electron chi connectivity index (χ2n) is 16.7. The van der Waals surface area contributed by atoms with Gasteiger partial charge in [-0.25, -0.2) is 0 Å². The highest BCUT2D eigenvalue weighted by atomic mass is 16.7. The van der Waals surface area contributed by atoms with E-state index in [1.165, 1.54) is 77.0 Å². The predicted molar refractivity (Wildman–Crippen MR) is 249 cm³/mol. The number of carbonyl (C=O) groups is 2. The number of nitrogens with zero attached hydrogens (tertiary/aromatic N) is 1. The number of anilines is 2. The number of ether oxygens (including phenoxy) is 2. The zero-order chi connectivity index (χ0) is 43.1. The van der Waals surface area contributed by atoms with E-state index in [9.17, 15) is 14.7 Å². The highest BCUT2D eigenvalue weighted by molar-refractivity contribution is 5.94. The molecule has 61 heavy (non-hydrogen) atoms. The average molecular weight is 833 g/mol. The fraction of sp³-hybridized carbons (Fsp3) is 0.500. The molecular weight excluding hydrogens is 761 g/mol. The fourth-order valence-electron chi connectivity index (χ4n) is 8.14. The Labute approximate surface area is 365 Å². The Bertz CT molecular complexity index is 1850. The van der Waals surface area contributed by atoms with Crippen molar-refractivity contribution in [3.05, 3.63) is 119 Å². The van der Waals surface area contributed by atoms with Crippen LogP contribution < -0.4 is 16.4 Å². The van der Waals surface area contributed by atoms with Gasteiger partial charge in [0, 0.05) is 37.9 Å². The van der Waals surface area contributed by atoms with E-state index in [1.807, 2.05) is 42.5 Å². The van der Waals surface area contributed by atoms with Crippen molar-refractivity contribution in [2.45, 2.75) is 148 Å². The smallest absolute Gasteiger partial charge is 0.224 e. The minimum atomic E-state index is -0.526. The molecule has 1 saturated heterocycles. The van der Waals surface area contributed by atoms with Gasteiger partial charge in [-0.1, -0.05) is 163 Å². The Balaban J connectivity index is 1.22. The highest BCUT2D eigenvalue weighted by Crippen LogP contribution is 2.39. The van der Waals surface area contributed by atoms with Gasteiger partial charge in [0.2, 0.25) is 11.8 Å². The first-order valence-corrected chi connectivity index (χ1v) is 23.2. The summed E-state index contributed by atoms with van der Waals surface area (Å²) in [5.41, 5.74) is 13.1. The third kappa shape index (κ3) is 16.4. The summed E-state index contributed by atoms with van der Waals surface area (Å²) in [6, 6.07) is 31.8. The maximum Gasteiger partial charge on any atom is 0.224 e. The molecule has 1 aliphatic rings. The SMILES string of the molecule is CCCCCCCCN(CCCCCCCC)C[C@H]1C[C@@H](c2ccc(CO)cc2)O[C@@H](c2ccc(-c3ccccc3CNC(=O)CCCC(=O)Nc3ccccc3N)cc2)O1. The van der Waals surface area contributed by atoms with Crippen LogP contribution in [-0.4, -0.2) is 47.6 Å². The molecule has 5 N–H and O–H groups in total. The molecule has 0 aliphatic carbocycles. The minimum Gasteiger partial charge on any atom is -0.397 e. The second-order valence-corrected chi connectivity index (χ2v) is 16.7. The number of unbranched alkanes of at least 4 members (excludes halogenated alkanes) is 10. The monoisotopic (exact) mass is 833 g/mol. The third-order valence-electron chi connectivity index (χ3n) is 11.8. The fourth-order valence-corrected chi connectivity index (χ4v) is 8.14. The van der Waals surface area contributed by atoms with Crippen LogP contribution >= 0.6 is 0 Å². The number of nitrogen functional groups attached to an aromatic ring is 1. The van der Waals surface area contributed by atoms with Crippen LogP contribution in [0.4, 0.5) is 11.4 Å². The van der Waals surface area contributed by atoms with Crippen molar-refractivity contribution in [3.63, 3.8) is 0 Å². The number of nitrogens with one attached hydrogen (secondary N) is 2. The summed E-state index contributed by atoms with van der Waals surface area (Å²) in [6.45, 7) is 8.01. The quantitative estimate of drug-likeness (QED) is 0.0348. The number of para-hydroxylation sites is 2. The molecule has 0 bridgehead atoms. The van der Waals surface area contributed by atoms with Crippen molar-refractivity contribution >= 4 is 23.2 Å². The molecular formula is C52H72N4O5. The first-order valence-electron chi connectivity index (χ1n) is 23.2. The van der Waals surface area contributed by atoms with Crippen LogP contribution in [0.15, 0.2) is 97.1 Å². The number of aliphatic hydroxyl groups excluding tert-OH is 1. The summed E-state index contributed by atoms with van der Waals surface area (Å²) in [7, 11) is 0. The zero-order valence-electron chi connectivity index (χ0n) is 36.9. The molecule has 0 radical (unpaired) electrons. The van der Waals surface area contributed by atoms with Crippen LogP contribution in [0.5, 0.6) is 0 Å². The number of benzene rings is 4. The van der Waals surface area contributed by atoms with E-state index >= 15 is 0 Å². The van der Waals surface area contributed by atoms with Gasteiger partial charge < -0.3 is 35.8 Å². The van der Waals surface area contributed by atoms with Gasteiger partial charge in [0.25, 0.3) is 0 Å². The van der Waals surface area contributed by atoms with E-state index in [0.717, 1.165) is 59.4 Å². The maximum atomic E-state index is 12.8. The van der Waals surface area contributed by atoms with Gasteiger partial charge in [0.15, 0.2) is 6.29 Å². The molecule has 1 fully saturated rings. The molecule has 330 valence electrons. The van der Waals surface area contributed by atoms with Crippen LogP contribution in [0.25, 0.3) is 11.1 Å². The zero-order valence-corrected chi connectivity index (χ0v) is 36.9. The van der Waals surface area contributed by atoms with Gasteiger partial charge >= 0.3 is 0 Å². The molecule has 2 amide bonds. The standard InChI is InChI=1S/C52H72N4O5/c1-3-5-7-9-11-17-34-56(35-18-12-10-8-6-4-2)38-45-36-49(42-28-26-40(39-57)27-29-42)61-52(60-45)43-32-30-41(31-33-43)46-21-14-13-20-44(46)37-54-50(58)24-19-25-51(59)55-48-23-16-15-22-47(48)53/h13-16,20-23,26-33,45,49,52,57H,3-12,17-19,24-25,34-39,53H2,1-2H3,(H,54,58)(H,55,59)/t45-,49+,52+/m1/s1. The highest BCUT2D eigenvalue weighted by Gasteiger charge is 2.33. The van der Waals surface area contributed by atoms with Gasteiger partial charge in [-0.05, 0) is 72.3 Å². The van der Waals surface area contributed by atoms with Gasteiger partial charge in [-0.15, -0.1) is 0 Å². The molecule has 4 aromatic rings. The molecule has 9 heteroatoms. The van der Waals surface area contributed by atoms with E-state index in [2.05, 4.69) is 71.8 Å². The molecule has 0 spiro atoms. The number of hydrogen-bond acceptors (Lipinski definition) is 7. The van der Waals surface area contributed by atoms with Crippen LogP contribution in [0, 0.1) is 0 Å². The second kappa shape index (κ2) is 26.7. The van der Waals surface area contributed by atoms with E-state index in [1.54, 1.807) is 12.1 Å². The average Bonchev–Trinajstić information content (AvgIpc) is 3.28. The third-order valence-corrected chi connectivity index (χ3v) is 11.8. The van der Waals surface area contributed by atoms with Gasteiger partial charge in [-0.3, -0.25) is 9.59 Å². The Kier molecular flexibility index (Phi) is 20.8. The van der Waals surface area contributed by atoms with Gasteiger partial charge in [-0.2, -0.15) is 0 Å². The van der Waals surface area contributed by atoms with E-state index in [-0.39, 0.29) is 43.5 Å². The molecule has 5 rings (SSSR count). The topological polar surface area (TPSA) is 126 Å². The minimum absolute atomic E-state index is 0.00232. The number of carbonyl (C=O) groups excluding carboxylic acids is 2. The van der Waals surface area contributed by atoms with Crippen molar-refractivity contribution in [2.75, 3.05) is 30.7 Å². The van der Waals surface area contributed by atoms with Crippen molar-refractivity contribution in [1.82, 2.24) is 10.2 Å². The summed E-state index contributed by atoms with van der Waals surface area (Å²) < 4.78 is 13.6. The Morgan fingerprint density at radius 3 is 1.97 bits per heavy atom. The lowest BCUT2D eigenvalue weighted by Crippen LogP contribution is -2.40. The van der Waals surface area contributed by atoms with Crippen molar-refractivity contribution in [1.29, 1.82) is 0 Å². The normalized spacial score (nSPS) is 16.4. The van der Waals surface area contributed by atoms with Crippen molar-refractivity contribution in [2.24, 2.45) is 0 Å². The number of hydrogen-bond donors (Lipinski definition) is 4. The molecule has 4 aromatic carbocycles. The van der Waals surface area contributed by atoms with E-state index in [0.29, 0.717) is 24.3 Å². The lowest BCUT2D eigenvalue weighted by molar-refractivity contribution is -0.253. The lowest BCUT2D eigenvalue weighted by Gasteiger charge is -2.38. The van der Waals surface area contributed by atoms with Crippen LogP contribution in [0.2, 0.25) is 0 Å². The molecule has 1 heterocycles. The largest absolute Gasteiger partial charge is 0.397 e. The van der Waals surface area contributed by atoms with Gasteiger partial charge in [0.1, 0.15) is 0 Å². The maximum absolute atomic E-state index is 12.8. The molecule has 0 unspecified atom stereocenters. The molecule has 0 saturated carbocycles. The summed E-state index contributed by atoms with van der Waals surface area (Å²) in [4.78, 5) is 27.9. The van der Waals surface area contributed by atoms with Crippen LogP contribution in [0.1, 0.15) is 151 Å².